The van der Waals surface area contributed by atoms with Gasteiger partial charge in [0.25, 0.3) is 0 Å². The second-order valence-electron chi connectivity index (χ2n) is 4.75. The van der Waals surface area contributed by atoms with Gasteiger partial charge in [-0.2, -0.15) is 0 Å². The number of aliphatic imine (C=N–C) groups is 1. The molecule has 0 heterocycles. The maximum absolute atomic E-state index is 5.68. The Morgan fingerprint density at radius 2 is 1.73 bits per heavy atom. The summed E-state index contributed by atoms with van der Waals surface area (Å²) in [6.07, 6.45) is 0.793. The standard InChI is InChI=1S/C13H20N2/c1-5-12(14)15-11-8-6-10(7-9-11)13(2,3)4/h6-9H,5H2,1-4H3,(H2,14,15). The summed E-state index contributed by atoms with van der Waals surface area (Å²) in [6.45, 7) is 8.60. The predicted octanol–water partition coefficient (Wildman–Crippen LogP) is 3.38. The third-order valence-corrected chi connectivity index (χ3v) is 2.37. The summed E-state index contributed by atoms with van der Waals surface area (Å²) in [7, 11) is 0. The highest BCUT2D eigenvalue weighted by atomic mass is 14.8. The first-order chi connectivity index (χ1) is 6.93. The van der Waals surface area contributed by atoms with E-state index < -0.39 is 0 Å². The molecule has 1 aromatic rings. The first-order valence-corrected chi connectivity index (χ1v) is 5.37. The van der Waals surface area contributed by atoms with Crippen LogP contribution in [0, 0.1) is 0 Å². The third-order valence-electron chi connectivity index (χ3n) is 2.37. The molecule has 1 aromatic carbocycles. The number of benzene rings is 1. The molecule has 0 spiro atoms. The summed E-state index contributed by atoms with van der Waals surface area (Å²) >= 11 is 0. The Balaban J connectivity index is 2.91. The molecule has 2 nitrogen and oxygen atoms in total. The number of amidine groups is 1. The number of hydrogen-bond acceptors (Lipinski definition) is 1. The SMILES string of the molecule is CCC(N)=Nc1ccc(C(C)(C)C)cc1. The van der Waals surface area contributed by atoms with E-state index in [2.05, 4.69) is 37.9 Å². The van der Waals surface area contributed by atoms with Crippen molar-refractivity contribution in [3.8, 4) is 0 Å². The van der Waals surface area contributed by atoms with Gasteiger partial charge >= 0.3 is 0 Å². The Labute approximate surface area is 92.2 Å². The molecule has 0 atom stereocenters. The average Bonchev–Trinajstić information content (AvgIpc) is 2.17. The van der Waals surface area contributed by atoms with Gasteiger partial charge in [-0.25, -0.2) is 4.99 Å². The zero-order valence-electron chi connectivity index (χ0n) is 10.0. The monoisotopic (exact) mass is 204 g/mol. The number of hydrogen-bond donors (Lipinski definition) is 1. The fraction of sp³-hybridized carbons (Fsp3) is 0.462. The van der Waals surface area contributed by atoms with E-state index >= 15 is 0 Å². The molecule has 0 fully saturated rings. The van der Waals surface area contributed by atoms with Gasteiger partial charge in [-0.3, -0.25) is 0 Å². The van der Waals surface area contributed by atoms with Crippen LogP contribution in [0.25, 0.3) is 0 Å². The highest BCUT2D eigenvalue weighted by molar-refractivity contribution is 5.82. The summed E-state index contributed by atoms with van der Waals surface area (Å²) in [5.41, 5.74) is 8.12. The summed E-state index contributed by atoms with van der Waals surface area (Å²) in [6, 6.07) is 8.26. The van der Waals surface area contributed by atoms with Gasteiger partial charge in [-0.15, -0.1) is 0 Å². The molecule has 0 aliphatic heterocycles. The molecule has 0 unspecified atom stereocenters. The molecular formula is C13H20N2. The molecular weight excluding hydrogens is 184 g/mol. The van der Waals surface area contributed by atoms with Gasteiger partial charge in [-0.05, 0) is 23.1 Å². The maximum Gasteiger partial charge on any atom is 0.0993 e. The van der Waals surface area contributed by atoms with Crippen LogP contribution < -0.4 is 5.73 Å². The summed E-state index contributed by atoms with van der Waals surface area (Å²) in [5.74, 6) is 0.679. The summed E-state index contributed by atoms with van der Waals surface area (Å²) in [4.78, 5) is 4.30. The lowest BCUT2D eigenvalue weighted by Gasteiger charge is -2.18. The number of nitrogens with zero attached hydrogens (tertiary/aromatic N) is 1. The van der Waals surface area contributed by atoms with Gasteiger partial charge in [0.1, 0.15) is 0 Å². The zero-order valence-corrected chi connectivity index (χ0v) is 10.0. The second-order valence-corrected chi connectivity index (χ2v) is 4.75. The average molecular weight is 204 g/mol. The molecule has 82 valence electrons. The van der Waals surface area contributed by atoms with Crippen LogP contribution in [0.5, 0.6) is 0 Å². The molecule has 0 aliphatic rings. The second kappa shape index (κ2) is 4.47. The van der Waals surface area contributed by atoms with Crippen LogP contribution in [0.4, 0.5) is 5.69 Å². The molecule has 0 saturated carbocycles. The summed E-state index contributed by atoms with van der Waals surface area (Å²) < 4.78 is 0. The predicted molar refractivity (Wildman–Crippen MR) is 66.7 cm³/mol. The molecule has 2 heteroatoms. The Bertz CT molecular complexity index is 342. The van der Waals surface area contributed by atoms with Crippen molar-refractivity contribution in [2.75, 3.05) is 0 Å². The highest BCUT2D eigenvalue weighted by Crippen LogP contribution is 2.24. The Morgan fingerprint density at radius 1 is 1.20 bits per heavy atom. The van der Waals surface area contributed by atoms with E-state index in [9.17, 15) is 0 Å². The third kappa shape index (κ3) is 3.39. The van der Waals surface area contributed by atoms with E-state index in [1.54, 1.807) is 0 Å². The fourth-order valence-electron chi connectivity index (χ4n) is 1.28. The van der Waals surface area contributed by atoms with E-state index in [0.29, 0.717) is 5.84 Å². The van der Waals surface area contributed by atoms with E-state index in [0.717, 1.165) is 12.1 Å². The van der Waals surface area contributed by atoms with Crippen LogP contribution in [0.2, 0.25) is 0 Å². The quantitative estimate of drug-likeness (QED) is 0.582. The van der Waals surface area contributed by atoms with E-state index in [4.69, 9.17) is 5.73 Å². The minimum atomic E-state index is 0.193. The van der Waals surface area contributed by atoms with Crippen molar-refractivity contribution < 1.29 is 0 Å². The van der Waals surface area contributed by atoms with Gasteiger partial charge in [0.15, 0.2) is 0 Å². The lowest BCUT2D eigenvalue weighted by molar-refractivity contribution is 0.590. The van der Waals surface area contributed by atoms with Crippen molar-refractivity contribution in [2.24, 2.45) is 10.7 Å². The molecule has 0 saturated heterocycles. The number of nitrogens with two attached hydrogens (primary N) is 1. The lowest BCUT2D eigenvalue weighted by atomic mass is 9.87. The van der Waals surface area contributed by atoms with Crippen molar-refractivity contribution in [1.82, 2.24) is 0 Å². The van der Waals surface area contributed by atoms with Gasteiger partial charge in [0, 0.05) is 6.42 Å². The topological polar surface area (TPSA) is 38.4 Å². The molecule has 0 bridgehead atoms. The largest absolute Gasteiger partial charge is 0.387 e. The van der Waals surface area contributed by atoms with E-state index in [1.165, 1.54) is 5.56 Å². The van der Waals surface area contributed by atoms with Crippen LogP contribution in [-0.2, 0) is 5.41 Å². The van der Waals surface area contributed by atoms with Crippen molar-refractivity contribution in [3.05, 3.63) is 29.8 Å². The van der Waals surface area contributed by atoms with Gasteiger partial charge in [0.05, 0.1) is 11.5 Å². The Kier molecular flexibility index (Phi) is 3.51. The minimum Gasteiger partial charge on any atom is -0.387 e. The molecule has 1 rings (SSSR count). The molecule has 0 aliphatic carbocycles. The maximum atomic E-state index is 5.68. The number of rotatable bonds is 2. The molecule has 15 heavy (non-hydrogen) atoms. The highest BCUT2D eigenvalue weighted by Gasteiger charge is 2.12. The Morgan fingerprint density at radius 3 is 2.13 bits per heavy atom. The lowest BCUT2D eigenvalue weighted by Crippen LogP contribution is -2.10. The smallest absolute Gasteiger partial charge is 0.0993 e. The molecule has 0 amide bonds. The van der Waals surface area contributed by atoms with Crippen LogP contribution in [-0.4, -0.2) is 5.84 Å². The minimum absolute atomic E-state index is 0.193. The van der Waals surface area contributed by atoms with Crippen LogP contribution in [0.15, 0.2) is 29.3 Å². The zero-order chi connectivity index (χ0) is 11.5. The fourth-order valence-corrected chi connectivity index (χ4v) is 1.28. The van der Waals surface area contributed by atoms with Gasteiger partial charge in [-0.1, -0.05) is 39.8 Å². The normalized spacial score (nSPS) is 12.9. The molecule has 0 radical (unpaired) electrons. The molecule has 0 aromatic heterocycles. The van der Waals surface area contributed by atoms with Crippen molar-refractivity contribution in [1.29, 1.82) is 0 Å². The summed E-state index contributed by atoms with van der Waals surface area (Å²) in [5, 5.41) is 0. The van der Waals surface area contributed by atoms with Crippen LogP contribution >= 0.6 is 0 Å². The molecule has 2 N–H and O–H groups in total. The van der Waals surface area contributed by atoms with E-state index in [1.807, 2.05) is 19.1 Å². The van der Waals surface area contributed by atoms with E-state index in [-0.39, 0.29) is 5.41 Å². The van der Waals surface area contributed by atoms with Gasteiger partial charge in [0.2, 0.25) is 0 Å². The van der Waals surface area contributed by atoms with Crippen LogP contribution in [0.3, 0.4) is 0 Å². The van der Waals surface area contributed by atoms with Crippen molar-refractivity contribution >= 4 is 11.5 Å². The Hall–Kier alpha value is -1.31. The van der Waals surface area contributed by atoms with Crippen LogP contribution in [0.1, 0.15) is 39.7 Å². The first kappa shape index (κ1) is 11.8. The van der Waals surface area contributed by atoms with Gasteiger partial charge < -0.3 is 5.73 Å². The first-order valence-electron chi connectivity index (χ1n) is 5.37. The van der Waals surface area contributed by atoms with Crippen molar-refractivity contribution in [3.63, 3.8) is 0 Å². The van der Waals surface area contributed by atoms with Crippen molar-refractivity contribution in [2.45, 2.75) is 39.5 Å².